The number of hydrogen-bond donors (Lipinski definition) is 1. The number of hydrogen-bond acceptors (Lipinski definition) is 3. The van der Waals surface area contributed by atoms with Gasteiger partial charge in [-0.2, -0.15) is 0 Å². The number of para-hydroxylation sites is 2. The van der Waals surface area contributed by atoms with E-state index < -0.39 is 0 Å². The van der Waals surface area contributed by atoms with Crippen molar-refractivity contribution in [2.24, 2.45) is 0 Å². The van der Waals surface area contributed by atoms with Crippen molar-refractivity contribution >= 4 is 40.3 Å². The summed E-state index contributed by atoms with van der Waals surface area (Å²) >= 11 is 11.6. The van der Waals surface area contributed by atoms with Gasteiger partial charge in [-0.05, 0) is 62.0 Å². The van der Waals surface area contributed by atoms with E-state index >= 15 is 0 Å². The van der Waals surface area contributed by atoms with Gasteiger partial charge in [0.25, 0.3) is 0 Å². The third-order valence-electron chi connectivity index (χ3n) is 4.50. The number of thiocarbonyl (C=S) groups is 1. The van der Waals surface area contributed by atoms with Gasteiger partial charge in [0.2, 0.25) is 0 Å². The molecule has 0 spiro atoms. The summed E-state index contributed by atoms with van der Waals surface area (Å²) in [6, 6.07) is 14.0. The minimum absolute atomic E-state index is 0.672. The van der Waals surface area contributed by atoms with Gasteiger partial charge < -0.3 is 19.9 Å². The fraction of sp³-hybridized carbons (Fsp3) is 0.350. The number of anilines is 2. The standard InChI is InChI=1S/C20H24ClN3OS/c1-3-25-19-7-5-4-6-18(19)23-10-12-24(13-11-23)20(26)22-17-9-8-16(21)14-15(17)2/h4-9,14H,3,10-13H2,1-2H3,(H,22,26). The Hall–Kier alpha value is -1.98. The number of nitrogens with zero attached hydrogens (tertiary/aromatic N) is 2. The first-order chi connectivity index (χ1) is 12.6. The van der Waals surface area contributed by atoms with Crippen LogP contribution in [0, 0.1) is 6.92 Å². The van der Waals surface area contributed by atoms with Gasteiger partial charge in [-0.3, -0.25) is 0 Å². The highest BCUT2D eigenvalue weighted by Gasteiger charge is 2.21. The summed E-state index contributed by atoms with van der Waals surface area (Å²) in [6.07, 6.45) is 0. The Labute approximate surface area is 165 Å². The minimum atomic E-state index is 0.672. The average molecular weight is 390 g/mol. The van der Waals surface area contributed by atoms with Gasteiger partial charge in [0, 0.05) is 36.9 Å². The topological polar surface area (TPSA) is 27.7 Å². The molecule has 0 saturated carbocycles. The van der Waals surface area contributed by atoms with Gasteiger partial charge in [-0.15, -0.1) is 0 Å². The molecule has 0 bridgehead atoms. The molecule has 4 nitrogen and oxygen atoms in total. The lowest BCUT2D eigenvalue weighted by atomic mass is 10.2. The fourth-order valence-electron chi connectivity index (χ4n) is 3.11. The van der Waals surface area contributed by atoms with Crippen LogP contribution in [0.5, 0.6) is 5.75 Å². The summed E-state index contributed by atoms with van der Waals surface area (Å²) < 4.78 is 5.76. The van der Waals surface area contributed by atoms with E-state index in [9.17, 15) is 0 Å². The lowest BCUT2D eigenvalue weighted by Crippen LogP contribution is -2.50. The second-order valence-corrected chi connectivity index (χ2v) is 7.09. The largest absolute Gasteiger partial charge is 0.492 e. The van der Waals surface area contributed by atoms with Crippen LogP contribution in [0.4, 0.5) is 11.4 Å². The van der Waals surface area contributed by atoms with Crippen molar-refractivity contribution in [1.82, 2.24) is 4.90 Å². The normalized spacial score (nSPS) is 14.3. The predicted octanol–water partition coefficient (Wildman–Crippen LogP) is 4.57. The molecule has 138 valence electrons. The van der Waals surface area contributed by atoms with Crippen LogP contribution in [0.15, 0.2) is 42.5 Å². The molecule has 26 heavy (non-hydrogen) atoms. The van der Waals surface area contributed by atoms with Crippen LogP contribution >= 0.6 is 23.8 Å². The summed E-state index contributed by atoms with van der Waals surface area (Å²) in [5.41, 5.74) is 3.24. The summed E-state index contributed by atoms with van der Waals surface area (Å²) in [7, 11) is 0. The Morgan fingerprint density at radius 3 is 2.58 bits per heavy atom. The molecular formula is C20H24ClN3OS. The molecule has 3 rings (SSSR count). The molecule has 0 amide bonds. The van der Waals surface area contributed by atoms with Crippen LogP contribution in [0.1, 0.15) is 12.5 Å². The molecule has 1 aliphatic heterocycles. The average Bonchev–Trinajstić information content (AvgIpc) is 2.65. The van der Waals surface area contributed by atoms with E-state index in [0.717, 1.165) is 59.0 Å². The molecule has 2 aromatic rings. The number of halogens is 1. The van der Waals surface area contributed by atoms with Gasteiger partial charge in [0.05, 0.1) is 12.3 Å². The van der Waals surface area contributed by atoms with E-state index in [2.05, 4.69) is 27.2 Å². The van der Waals surface area contributed by atoms with Crippen molar-refractivity contribution in [1.29, 1.82) is 0 Å². The van der Waals surface area contributed by atoms with E-state index in [0.29, 0.717) is 6.61 Å². The first kappa shape index (κ1) is 18.8. The Bertz CT molecular complexity index is 775. The molecule has 0 unspecified atom stereocenters. The van der Waals surface area contributed by atoms with E-state index in [1.165, 1.54) is 0 Å². The second-order valence-electron chi connectivity index (χ2n) is 6.26. The molecule has 1 fully saturated rings. The smallest absolute Gasteiger partial charge is 0.173 e. The lowest BCUT2D eigenvalue weighted by Gasteiger charge is -2.38. The Kier molecular flexibility index (Phi) is 6.22. The fourth-order valence-corrected chi connectivity index (χ4v) is 3.63. The summed E-state index contributed by atoms with van der Waals surface area (Å²) in [4.78, 5) is 4.57. The molecular weight excluding hydrogens is 366 g/mol. The first-order valence-corrected chi connectivity index (χ1v) is 9.66. The maximum absolute atomic E-state index is 6.02. The Balaban J connectivity index is 1.60. The van der Waals surface area contributed by atoms with Crippen LogP contribution in [0.3, 0.4) is 0 Å². The van der Waals surface area contributed by atoms with E-state index in [-0.39, 0.29) is 0 Å². The minimum Gasteiger partial charge on any atom is -0.492 e. The van der Waals surface area contributed by atoms with Crippen molar-refractivity contribution in [2.75, 3.05) is 43.0 Å². The SMILES string of the molecule is CCOc1ccccc1N1CCN(C(=S)Nc2ccc(Cl)cc2C)CC1. The maximum atomic E-state index is 6.02. The van der Waals surface area contributed by atoms with E-state index in [4.69, 9.17) is 28.6 Å². The van der Waals surface area contributed by atoms with Gasteiger partial charge in [0.1, 0.15) is 5.75 Å². The van der Waals surface area contributed by atoms with Crippen LogP contribution in [0.2, 0.25) is 5.02 Å². The number of aryl methyl sites for hydroxylation is 1. The van der Waals surface area contributed by atoms with Crippen molar-refractivity contribution in [3.05, 3.63) is 53.1 Å². The molecule has 1 aliphatic rings. The quantitative estimate of drug-likeness (QED) is 0.773. The molecule has 2 aromatic carbocycles. The van der Waals surface area contributed by atoms with Crippen LogP contribution in [-0.4, -0.2) is 42.8 Å². The zero-order chi connectivity index (χ0) is 18.5. The molecule has 6 heteroatoms. The monoisotopic (exact) mass is 389 g/mol. The first-order valence-electron chi connectivity index (χ1n) is 8.87. The third kappa shape index (κ3) is 4.40. The number of benzene rings is 2. The van der Waals surface area contributed by atoms with Crippen LogP contribution in [0.25, 0.3) is 0 Å². The van der Waals surface area contributed by atoms with Gasteiger partial charge in [0.15, 0.2) is 5.11 Å². The molecule has 1 N–H and O–H groups in total. The molecule has 1 heterocycles. The van der Waals surface area contributed by atoms with Crippen molar-refractivity contribution in [2.45, 2.75) is 13.8 Å². The Morgan fingerprint density at radius 1 is 1.15 bits per heavy atom. The zero-order valence-corrected chi connectivity index (χ0v) is 16.7. The van der Waals surface area contributed by atoms with E-state index in [1.54, 1.807) is 0 Å². The molecule has 1 saturated heterocycles. The number of ether oxygens (including phenoxy) is 1. The van der Waals surface area contributed by atoms with Crippen molar-refractivity contribution in [3.63, 3.8) is 0 Å². The van der Waals surface area contributed by atoms with Gasteiger partial charge in [-0.25, -0.2) is 0 Å². The highest BCUT2D eigenvalue weighted by atomic mass is 35.5. The molecule has 0 radical (unpaired) electrons. The van der Waals surface area contributed by atoms with Crippen molar-refractivity contribution in [3.8, 4) is 5.75 Å². The number of nitrogens with one attached hydrogen (secondary N) is 1. The number of rotatable bonds is 4. The second kappa shape index (κ2) is 8.60. The predicted molar refractivity (Wildman–Crippen MR) is 114 cm³/mol. The van der Waals surface area contributed by atoms with Gasteiger partial charge >= 0.3 is 0 Å². The van der Waals surface area contributed by atoms with Crippen LogP contribution < -0.4 is 15.0 Å². The van der Waals surface area contributed by atoms with Crippen LogP contribution in [-0.2, 0) is 0 Å². The zero-order valence-electron chi connectivity index (χ0n) is 15.2. The summed E-state index contributed by atoms with van der Waals surface area (Å²) in [5.74, 6) is 0.945. The highest BCUT2D eigenvalue weighted by Crippen LogP contribution is 2.29. The number of piperazine rings is 1. The highest BCUT2D eigenvalue weighted by molar-refractivity contribution is 7.80. The summed E-state index contributed by atoms with van der Waals surface area (Å²) in [6.45, 7) is 8.28. The van der Waals surface area contributed by atoms with E-state index in [1.807, 2.05) is 44.2 Å². The van der Waals surface area contributed by atoms with Gasteiger partial charge in [-0.1, -0.05) is 23.7 Å². The Morgan fingerprint density at radius 2 is 1.88 bits per heavy atom. The van der Waals surface area contributed by atoms with Crippen molar-refractivity contribution < 1.29 is 4.74 Å². The summed E-state index contributed by atoms with van der Waals surface area (Å²) in [5, 5.41) is 4.84. The maximum Gasteiger partial charge on any atom is 0.173 e. The lowest BCUT2D eigenvalue weighted by molar-refractivity contribution is 0.336. The molecule has 0 aromatic heterocycles. The molecule has 0 atom stereocenters. The third-order valence-corrected chi connectivity index (χ3v) is 5.10. The molecule has 0 aliphatic carbocycles.